The highest BCUT2D eigenvalue weighted by atomic mass is 32.2. The summed E-state index contributed by atoms with van der Waals surface area (Å²) in [6.07, 6.45) is 0.472. The lowest BCUT2D eigenvalue weighted by atomic mass is 9.97. The number of methoxy groups -OCH3 is 5. The summed E-state index contributed by atoms with van der Waals surface area (Å²) in [6.45, 7) is 0.129. The molecule has 0 radical (unpaired) electrons. The van der Waals surface area contributed by atoms with Crippen LogP contribution in [-0.2, 0) is 18.4 Å². The van der Waals surface area contributed by atoms with Crippen molar-refractivity contribution < 1.29 is 33.3 Å². The van der Waals surface area contributed by atoms with Gasteiger partial charge in [0.1, 0.15) is 5.75 Å². The average molecular weight is 661 g/mol. The first kappa shape index (κ1) is 33.1. The number of para-hydroxylation sites is 1. The topological polar surface area (TPSA) is 139 Å². The first-order valence-electron chi connectivity index (χ1n) is 14.6. The molecule has 1 aliphatic heterocycles. The van der Waals surface area contributed by atoms with Gasteiger partial charge in [-0.05, 0) is 54.1 Å². The van der Waals surface area contributed by atoms with Crippen molar-refractivity contribution in [3.05, 3.63) is 83.2 Å². The van der Waals surface area contributed by atoms with Gasteiger partial charge in [0.05, 0.1) is 59.6 Å². The van der Waals surface area contributed by atoms with Crippen LogP contribution in [0.5, 0.6) is 28.7 Å². The zero-order chi connectivity index (χ0) is 33.5. The number of hydrazone groups is 1. The third-order valence-corrected chi connectivity index (χ3v) is 8.69. The van der Waals surface area contributed by atoms with Gasteiger partial charge in [-0.1, -0.05) is 23.9 Å². The molecule has 1 aliphatic rings. The summed E-state index contributed by atoms with van der Waals surface area (Å²) in [4.78, 5) is 26.6. The van der Waals surface area contributed by atoms with Crippen LogP contribution in [0, 0.1) is 0 Å². The standard InChI is InChI=1S/C33H36N6O7S/c1-38-29(18-34-32(41)21-12-15-26(43-3)28(16-21)45-5)35-36-33(38)47-19-30(40)39-25(23-8-7-9-27(44-4)31(23)46-6)17-24(37-39)20-10-13-22(42-2)14-11-20/h7-16,25H,17-19H2,1-6H3,(H,34,41). The minimum atomic E-state index is -0.424. The summed E-state index contributed by atoms with van der Waals surface area (Å²) in [5.74, 6) is 2.86. The largest absolute Gasteiger partial charge is 0.497 e. The van der Waals surface area contributed by atoms with Crippen LogP contribution >= 0.6 is 11.8 Å². The number of nitrogens with one attached hydrogen (secondary N) is 1. The predicted molar refractivity (Wildman–Crippen MR) is 176 cm³/mol. The number of hydrogen-bond donors (Lipinski definition) is 1. The minimum Gasteiger partial charge on any atom is -0.497 e. The average Bonchev–Trinajstić information content (AvgIpc) is 3.72. The molecule has 0 saturated heterocycles. The van der Waals surface area contributed by atoms with E-state index in [0.717, 1.165) is 22.6 Å². The summed E-state index contributed by atoms with van der Waals surface area (Å²) in [5, 5.41) is 18.1. The van der Waals surface area contributed by atoms with E-state index in [4.69, 9.17) is 28.8 Å². The van der Waals surface area contributed by atoms with Crippen LogP contribution in [0.4, 0.5) is 0 Å². The van der Waals surface area contributed by atoms with Crippen LogP contribution < -0.4 is 29.0 Å². The Balaban J connectivity index is 1.30. The Kier molecular flexibility index (Phi) is 10.5. The highest BCUT2D eigenvalue weighted by molar-refractivity contribution is 7.99. The Hall–Kier alpha value is -5.24. The van der Waals surface area contributed by atoms with Gasteiger partial charge in [0.25, 0.3) is 11.8 Å². The molecule has 3 aromatic carbocycles. The Labute approximate surface area is 276 Å². The molecule has 13 nitrogen and oxygen atoms in total. The van der Waals surface area contributed by atoms with E-state index < -0.39 is 6.04 Å². The van der Waals surface area contributed by atoms with Gasteiger partial charge in [-0.25, -0.2) is 5.01 Å². The van der Waals surface area contributed by atoms with Crippen molar-refractivity contribution >= 4 is 29.3 Å². The third kappa shape index (κ3) is 7.12. The van der Waals surface area contributed by atoms with E-state index in [0.29, 0.717) is 46.0 Å². The fraction of sp³-hybridized carbons (Fsp3) is 0.303. The molecule has 0 spiro atoms. The fourth-order valence-corrected chi connectivity index (χ4v) is 5.95. The molecule has 1 N–H and O–H groups in total. The smallest absolute Gasteiger partial charge is 0.253 e. The number of aromatic nitrogens is 3. The molecule has 14 heteroatoms. The van der Waals surface area contributed by atoms with Crippen LogP contribution in [0.25, 0.3) is 0 Å². The molecule has 0 fully saturated rings. The van der Waals surface area contributed by atoms with Gasteiger partial charge in [0.2, 0.25) is 0 Å². The second-order valence-corrected chi connectivity index (χ2v) is 11.3. The molecule has 4 aromatic rings. The second-order valence-electron chi connectivity index (χ2n) is 10.3. The summed E-state index contributed by atoms with van der Waals surface area (Å²) >= 11 is 1.23. The Bertz CT molecular complexity index is 1780. The van der Waals surface area contributed by atoms with E-state index in [1.165, 1.54) is 31.0 Å². The molecule has 2 heterocycles. The maximum Gasteiger partial charge on any atom is 0.253 e. The fourth-order valence-electron chi connectivity index (χ4n) is 5.17. The molecule has 1 atom stereocenters. The number of carbonyl (C=O) groups excluding carboxylic acids is 2. The summed E-state index contributed by atoms with van der Waals surface area (Å²) in [7, 11) is 9.58. The molecular formula is C33H36N6O7S. The first-order chi connectivity index (χ1) is 22.8. The van der Waals surface area contributed by atoms with Crippen molar-refractivity contribution in [3.63, 3.8) is 0 Å². The van der Waals surface area contributed by atoms with E-state index in [1.54, 1.807) is 51.1 Å². The SMILES string of the molecule is COc1ccc(C2=NN(C(=O)CSc3nnc(CNC(=O)c4ccc(OC)c(OC)c4)n3C)C(c3cccc(OC)c3OC)C2)cc1. The Morgan fingerprint density at radius 1 is 0.872 bits per heavy atom. The van der Waals surface area contributed by atoms with Gasteiger partial charge in [-0.15, -0.1) is 10.2 Å². The summed E-state index contributed by atoms with van der Waals surface area (Å²) < 4.78 is 28.8. The van der Waals surface area contributed by atoms with Crippen LogP contribution in [0.15, 0.2) is 70.9 Å². The van der Waals surface area contributed by atoms with Crippen molar-refractivity contribution in [1.29, 1.82) is 0 Å². The van der Waals surface area contributed by atoms with Crippen molar-refractivity contribution in [2.75, 3.05) is 41.3 Å². The van der Waals surface area contributed by atoms with E-state index in [1.807, 2.05) is 42.5 Å². The number of thioether (sulfide) groups is 1. The minimum absolute atomic E-state index is 0.0478. The highest BCUT2D eigenvalue weighted by Gasteiger charge is 2.35. The Morgan fingerprint density at radius 2 is 1.62 bits per heavy atom. The van der Waals surface area contributed by atoms with Crippen LogP contribution in [0.2, 0.25) is 0 Å². The van der Waals surface area contributed by atoms with Gasteiger partial charge >= 0.3 is 0 Å². The van der Waals surface area contributed by atoms with E-state index in [9.17, 15) is 9.59 Å². The molecule has 1 unspecified atom stereocenters. The number of rotatable bonds is 13. The molecule has 246 valence electrons. The normalized spacial score (nSPS) is 14.0. The van der Waals surface area contributed by atoms with Crippen molar-refractivity contribution in [2.24, 2.45) is 12.1 Å². The lowest BCUT2D eigenvalue weighted by molar-refractivity contribution is -0.130. The van der Waals surface area contributed by atoms with E-state index in [2.05, 4.69) is 15.5 Å². The first-order valence-corrected chi connectivity index (χ1v) is 15.6. The van der Waals surface area contributed by atoms with Gasteiger partial charge in [-0.3, -0.25) is 9.59 Å². The van der Waals surface area contributed by atoms with Crippen molar-refractivity contribution in [2.45, 2.75) is 24.2 Å². The molecule has 5 rings (SSSR count). The molecule has 47 heavy (non-hydrogen) atoms. The van der Waals surface area contributed by atoms with Crippen molar-refractivity contribution in [3.8, 4) is 28.7 Å². The van der Waals surface area contributed by atoms with Gasteiger partial charge < -0.3 is 33.6 Å². The highest BCUT2D eigenvalue weighted by Crippen LogP contribution is 2.42. The zero-order valence-corrected chi connectivity index (χ0v) is 27.8. The number of carbonyl (C=O) groups is 2. The van der Waals surface area contributed by atoms with Gasteiger partial charge in [0, 0.05) is 24.6 Å². The van der Waals surface area contributed by atoms with E-state index >= 15 is 0 Å². The van der Waals surface area contributed by atoms with E-state index in [-0.39, 0.29) is 24.1 Å². The maximum atomic E-state index is 13.8. The summed E-state index contributed by atoms with van der Waals surface area (Å²) in [6, 6.07) is 17.7. The number of ether oxygens (including phenoxy) is 5. The van der Waals surface area contributed by atoms with Crippen LogP contribution in [0.1, 0.15) is 39.8 Å². The molecule has 0 bridgehead atoms. The second kappa shape index (κ2) is 14.9. The molecule has 0 saturated carbocycles. The monoisotopic (exact) mass is 660 g/mol. The molecule has 0 aliphatic carbocycles. The third-order valence-electron chi connectivity index (χ3n) is 7.68. The van der Waals surface area contributed by atoms with Crippen LogP contribution in [-0.4, -0.2) is 78.6 Å². The van der Waals surface area contributed by atoms with Crippen molar-refractivity contribution in [1.82, 2.24) is 25.1 Å². The number of nitrogens with zero attached hydrogens (tertiary/aromatic N) is 5. The summed E-state index contributed by atoms with van der Waals surface area (Å²) in [5.41, 5.74) is 2.83. The predicted octanol–water partition coefficient (Wildman–Crippen LogP) is 4.26. The maximum absolute atomic E-state index is 13.8. The number of benzene rings is 3. The number of amides is 2. The lowest BCUT2D eigenvalue weighted by Gasteiger charge is -2.24. The molecular weight excluding hydrogens is 624 g/mol. The van der Waals surface area contributed by atoms with Crippen LogP contribution in [0.3, 0.4) is 0 Å². The zero-order valence-electron chi connectivity index (χ0n) is 27.0. The molecule has 1 aromatic heterocycles. The lowest BCUT2D eigenvalue weighted by Crippen LogP contribution is -2.29. The van der Waals surface area contributed by atoms with Gasteiger partial charge in [-0.2, -0.15) is 5.10 Å². The number of hydrogen-bond acceptors (Lipinski definition) is 11. The quantitative estimate of drug-likeness (QED) is 0.207. The van der Waals surface area contributed by atoms with Gasteiger partial charge in [0.15, 0.2) is 34.0 Å². The molecule has 2 amide bonds. The Morgan fingerprint density at radius 3 is 2.30 bits per heavy atom.